The van der Waals surface area contributed by atoms with Gasteiger partial charge in [-0.25, -0.2) is 14.5 Å². The van der Waals surface area contributed by atoms with E-state index in [4.69, 9.17) is 21.1 Å². The molecule has 28 heavy (non-hydrogen) atoms. The van der Waals surface area contributed by atoms with Crippen molar-refractivity contribution in [1.29, 1.82) is 0 Å². The maximum absolute atomic E-state index is 13.1. The summed E-state index contributed by atoms with van der Waals surface area (Å²) in [5.74, 6) is -2.82. The van der Waals surface area contributed by atoms with Crippen LogP contribution in [0.4, 0.5) is 4.79 Å². The maximum Gasteiger partial charge on any atom is 0.328 e. The van der Waals surface area contributed by atoms with Crippen molar-refractivity contribution in [2.24, 2.45) is 0 Å². The van der Waals surface area contributed by atoms with Crippen LogP contribution >= 0.6 is 11.6 Å². The van der Waals surface area contributed by atoms with Crippen LogP contribution < -0.4 is 0 Å². The molecule has 0 bridgehead atoms. The van der Waals surface area contributed by atoms with E-state index in [0.717, 1.165) is 0 Å². The molecule has 2 heterocycles. The van der Waals surface area contributed by atoms with Gasteiger partial charge in [-0.3, -0.25) is 9.59 Å². The highest BCUT2D eigenvalue weighted by atomic mass is 35.5. The van der Waals surface area contributed by atoms with Crippen LogP contribution in [0.5, 0.6) is 0 Å². The molecule has 1 aromatic rings. The fraction of sp³-hybridized carbons (Fsp3) is 0.333. The average Bonchev–Trinajstić information content (AvgIpc) is 3.02. The Kier molecular flexibility index (Phi) is 5.28. The first-order valence-corrected chi connectivity index (χ1v) is 8.78. The number of urea groups is 1. The highest BCUT2D eigenvalue weighted by Gasteiger charge is 2.48. The van der Waals surface area contributed by atoms with Gasteiger partial charge in [0.15, 0.2) is 0 Å². The van der Waals surface area contributed by atoms with E-state index in [1.54, 1.807) is 25.1 Å². The molecule has 0 spiro atoms. The van der Waals surface area contributed by atoms with Gasteiger partial charge in [-0.05, 0) is 31.6 Å². The standard InChI is InChI=1S/C18H17ClN2O7/c1-9-2-4-11(28-9)8-20-13-5-3-10(19)6-12(13)16(24)21(18(20)27)14(17(25)26)7-15(22)23/h2-4,6,13-14H,5,7-8H2,1H3,(H,22,23)(H,25,26). The van der Waals surface area contributed by atoms with E-state index in [2.05, 4.69) is 0 Å². The lowest BCUT2D eigenvalue weighted by molar-refractivity contribution is -0.152. The molecule has 9 nitrogen and oxygen atoms in total. The summed E-state index contributed by atoms with van der Waals surface area (Å²) in [6, 6.07) is 0.00479. The molecule has 148 valence electrons. The van der Waals surface area contributed by atoms with Gasteiger partial charge in [-0.2, -0.15) is 0 Å². The molecule has 1 aliphatic carbocycles. The van der Waals surface area contributed by atoms with Crippen LogP contribution in [0.1, 0.15) is 24.4 Å². The number of amides is 3. The lowest BCUT2D eigenvalue weighted by Crippen LogP contribution is -2.62. The summed E-state index contributed by atoms with van der Waals surface area (Å²) in [7, 11) is 0. The van der Waals surface area contributed by atoms with Crippen molar-refractivity contribution in [3.05, 3.63) is 46.4 Å². The van der Waals surface area contributed by atoms with Gasteiger partial charge in [-0.1, -0.05) is 17.7 Å². The van der Waals surface area contributed by atoms with Gasteiger partial charge in [-0.15, -0.1) is 0 Å². The average molecular weight is 409 g/mol. The molecule has 0 saturated carbocycles. The summed E-state index contributed by atoms with van der Waals surface area (Å²) in [5.41, 5.74) is 0.131. The number of carbonyl (C=O) groups is 4. The topological polar surface area (TPSA) is 128 Å². The zero-order chi connectivity index (χ0) is 20.6. The third-order valence-electron chi connectivity index (χ3n) is 4.57. The van der Waals surface area contributed by atoms with Crippen LogP contribution in [-0.4, -0.2) is 56.0 Å². The molecular weight excluding hydrogens is 392 g/mol. The minimum atomic E-state index is -1.84. The number of imide groups is 1. The number of aliphatic carboxylic acids is 2. The summed E-state index contributed by atoms with van der Waals surface area (Å²) < 4.78 is 5.50. The first-order valence-electron chi connectivity index (χ1n) is 8.40. The van der Waals surface area contributed by atoms with E-state index in [1.807, 2.05) is 0 Å². The van der Waals surface area contributed by atoms with Gasteiger partial charge in [0.25, 0.3) is 5.91 Å². The van der Waals surface area contributed by atoms with Gasteiger partial charge in [0.1, 0.15) is 17.6 Å². The monoisotopic (exact) mass is 408 g/mol. The number of halogens is 1. The Morgan fingerprint density at radius 2 is 2.04 bits per heavy atom. The number of rotatable bonds is 6. The highest BCUT2D eigenvalue weighted by molar-refractivity contribution is 6.32. The molecule has 0 radical (unpaired) electrons. The second kappa shape index (κ2) is 7.51. The summed E-state index contributed by atoms with van der Waals surface area (Å²) >= 11 is 6.01. The molecule has 1 saturated heterocycles. The fourth-order valence-electron chi connectivity index (χ4n) is 3.30. The molecule has 2 aliphatic rings. The molecule has 3 amide bonds. The maximum atomic E-state index is 13.1. The zero-order valence-corrected chi connectivity index (χ0v) is 15.5. The van der Waals surface area contributed by atoms with Gasteiger partial charge in [0.2, 0.25) is 0 Å². The van der Waals surface area contributed by atoms with Gasteiger partial charge in [0, 0.05) is 10.6 Å². The van der Waals surface area contributed by atoms with Gasteiger partial charge < -0.3 is 19.5 Å². The Hall–Kier alpha value is -3.07. The van der Waals surface area contributed by atoms with Crippen LogP contribution in [0.15, 0.2) is 39.3 Å². The molecule has 1 aliphatic heterocycles. The molecule has 0 aromatic carbocycles. The van der Waals surface area contributed by atoms with E-state index in [1.165, 1.54) is 11.0 Å². The van der Waals surface area contributed by atoms with Crippen molar-refractivity contribution in [3.63, 3.8) is 0 Å². The second-order valence-electron chi connectivity index (χ2n) is 6.49. The molecule has 2 atom stereocenters. The predicted molar refractivity (Wildman–Crippen MR) is 95.3 cm³/mol. The van der Waals surface area contributed by atoms with Gasteiger partial charge in [0.05, 0.1) is 19.0 Å². The molecule has 1 aromatic heterocycles. The third kappa shape index (κ3) is 3.65. The van der Waals surface area contributed by atoms with E-state index in [9.17, 15) is 24.3 Å². The largest absolute Gasteiger partial charge is 0.481 e. The fourth-order valence-corrected chi connectivity index (χ4v) is 3.50. The van der Waals surface area contributed by atoms with Crippen LogP contribution in [0.25, 0.3) is 0 Å². The van der Waals surface area contributed by atoms with Crippen LogP contribution in [0.2, 0.25) is 0 Å². The molecule has 10 heteroatoms. The quantitative estimate of drug-likeness (QED) is 0.737. The Balaban J connectivity index is 2.03. The number of carboxylic acids is 2. The molecule has 2 unspecified atom stereocenters. The Labute approximate surface area is 164 Å². The number of hydrogen-bond acceptors (Lipinski definition) is 5. The lowest BCUT2D eigenvalue weighted by Gasteiger charge is -2.43. The van der Waals surface area contributed by atoms with Crippen molar-refractivity contribution in [2.75, 3.05) is 0 Å². The summed E-state index contributed by atoms with van der Waals surface area (Å²) in [6.07, 6.45) is 2.38. The summed E-state index contributed by atoms with van der Waals surface area (Å²) in [6.45, 7) is 1.72. The number of carbonyl (C=O) groups excluding carboxylic acids is 2. The number of hydrogen-bond donors (Lipinski definition) is 2. The van der Waals surface area contributed by atoms with Gasteiger partial charge >= 0.3 is 18.0 Å². The smallest absolute Gasteiger partial charge is 0.328 e. The number of carboxylic acid groups (broad SMARTS) is 2. The number of aryl methyl sites for hydroxylation is 1. The van der Waals surface area contributed by atoms with E-state index in [-0.39, 0.29) is 23.6 Å². The highest BCUT2D eigenvalue weighted by Crippen LogP contribution is 2.33. The van der Waals surface area contributed by atoms with Crippen molar-refractivity contribution < 1.29 is 33.8 Å². The molecule has 3 rings (SSSR count). The minimum absolute atomic E-state index is 0.0106. The Morgan fingerprint density at radius 3 is 2.61 bits per heavy atom. The summed E-state index contributed by atoms with van der Waals surface area (Å²) in [4.78, 5) is 50.4. The van der Waals surface area contributed by atoms with Crippen molar-refractivity contribution in [1.82, 2.24) is 9.80 Å². The second-order valence-corrected chi connectivity index (χ2v) is 6.93. The molecular formula is C18H17ClN2O7. The Bertz CT molecular complexity index is 917. The van der Waals surface area contributed by atoms with Crippen molar-refractivity contribution >= 4 is 35.5 Å². The van der Waals surface area contributed by atoms with Crippen LogP contribution in [0.3, 0.4) is 0 Å². The van der Waals surface area contributed by atoms with Crippen molar-refractivity contribution in [2.45, 2.75) is 38.4 Å². The normalized spacial score (nSPS) is 20.4. The van der Waals surface area contributed by atoms with E-state index < -0.39 is 42.4 Å². The van der Waals surface area contributed by atoms with Crippen LogP contribution in [0, 0.1) is 6.92 Å². The van der Waals surface area contributed by atoms with Crippen molar-refractivity contribution in [3.8, 4) is 0 Å². The minimum Gasteiger partial charge on any atom is -0.481 e. The number of allylic oxidation sites excluding steroid dienone is 2. The van der Waals surface area contributed by atoms with E-state index in [0.29, 0.717) is 16.4 Å². The Morgan fingerprint density at radius 1 is 1.32 bits per heavy atom. The molecule has 1 fully saturated rings. The SMILES string of the molecule is Cc1ccc(CN2C(=O)N(C(CC(=O)O)C(=O)O)C(=O)C3=CC(Cl)=CCC32)o1. The predicted octanol–water partition coefficient (Wildman–Crippen LogP) is 2.10. The van der Waals surface area contributed by atoms with Crippen LogP contribution in [-0.2, 0) is 20.9 Å². The number of furan rings is 1. The molecule has 2 N–H and O–H groups in total. The third-order valence-corrected chi connectivity index (χ3v) is 4.83. The van der Waals surface area contributed by atoms with E-state index >= 15 is 0 Å². The summed E-state index contributed by atoms with van der Waals surface area (Å²) in [5, 5.41) is 18.7. The number of nitrogens with zero attached hydrogens (tertiary/aromatic N) is 2. The number of fused-ring (bicyclic) bond motifs is 1. The first kappa shape index (κ1) is 19.7. The lowest BCUT2D eigenvalue weighted by atomic mass is 9.92. The first-order chi connectivity index (χ1) is 13.2. The zero-order valence-electron chi connectivity index (χ0n) is 14.8.